The minimum Gasteiger partial charge on any atom is -0.345 e. The van der Waals surface area contributed by atoms with Crippen molar-refractivity contribution in [3.63, 3.8) is 0 Å². The number of nitrogens with one attached hydrogen (secondary N) is 2. The number of unbranched alkanes of at least 4 members (excludes halogenated alkanes) is 2. The maximum absolute atomic E-state index is 12.6. The van der Waals surface area contributed by atoms with E-state index in [-0.39, 0.29) is 29.9 Å². The summed E-state index contributed by atoms with van der Waals surface area (Å²) in [6.45, 7) is 9.11. The third kappa shape index (κ3) is 11.7. The van der Waals surface area contributed by atoms with E-state index in [0.717, 1.165) is 18.9 Å². The molecule has 0 aromatic rings. The van der Waals surface area contributed by atoms with Gasteiger partial charge in [-0.05, 0) is 45.6 Å². The molecule has 0 aliphatic rings. The molecule has 2 atom stereocenters. The van der Waals surface area contributed by atoms with E-state index in [4.69, 9.17) is 0 Å². The third-order valence-electron chi connectivity index (χ3n) is 4.71. The molecule has 2 N–H and O–H groups in total. The lowest BCUT2D eigenvalue weighted by molar-refractivity contribution is -0.132. The van der Waals surface area contributed by atoms with E-state index in [1.807, 2.05) is 13.8 Å². The molecule has 9 heteroatoms. The zero-order valence-electron chi connectivity index (χ0n) is 19.4. The number of allylic oxidation sites excluding steroid dienone is 1. The Morgan fingerprint density at radius 2 is 1.65 bits per heavy atom. The average Bonchev–Trinajstić information content (AvgIpc) is 2.67. The number of carbonyl (C=O) groups is 5. The Bertz CT molecular complexity index is 671. The summed E-state index contributed by atoms with van der Waals surface area (Å²) in [5.41, 5.74) is 0. The van der Waals surface area contributed by atoms with Crippen LogP contribution in [0.1, 0.15) is 60.3 Å². The maximum atomic E-state index is 12.6. The van der Waals surface area contributed by atoms with Crippen LogP contribution in [0.2, 0.25) is 0 Å². The van der Waals surface area contributed by atoms with Crippen molar-refractivity contribution in [2.45, 2.75) is 77.1 Å². The highest BCUT2D eigenvalue weighted by molar-refractivity contribution is 7.82. The van der Waals surface area contributed by atoms with Gasteiger partial charge in [0.2, 0.25) is 17.7 Å². The van der Waals surface area contributed by atoms with E-state index >= 15 is 0 Å². The van der Waals surface area contributed by atoms with Crippen LogP contribution in [0.5, 0.6) is 0 Å². The van der Waals surface area contributed by atoms with Crippen molar-refractivity contribution < 1.29 is 24.0 Å². The maximum Gasteiger partial charge on any atom is 0.246 e. The molecule has 0 aliphatic heterocycles. The molecular formula is C22H37N3O5S. The van der Waals surface area contributed by atoms with Crippen molar-refractivity contribution in [2.24, 2.45) is 5.92 Å². The summed E-state index contributed by atoms with van der Waals surface area (Å²) in [7, 11) is 1.65. The van der Waals surface area contributed by atoms with Crippen LogP contribution < -0.4 is 10.6 Å². The summed E-state index contributed by atoms with van der Waals surface area (Å²) >= 11 is 4.24. The second-order valence-electron chi connectivity index (χ2n) is 8.51. The molecular weight excluding hydrogens is 418 g/mol. The van der Waals surface area contributed by atoms with Crippen molar-refractivity contribution in [2.75, 3.05) is 13.6 Å². The van der Waals surface area contributed by atoms with Gasteiger partial charge in [-0.25, -0.2) is 0 Å². The fourth-order valence-electron chi connectivity index (χ4n) is 2.85. The van der Waals surface area contributed by atoms with Crippen molar-refractivity contribution in [3.05, 3.63) is 12.2 Å². The van der Waals surface area contributed by atoms with Gasteiger partial charge in [0.05, 0.1) is 10.8 Å². The van der Waals surface area contributed by atoms with Gasteiger partial charge >= 0.3 is 0 Å². The van der Waals surface area contributed by atoms with Gasteiger partial charge in [-0.1, -0.05) is 20.3 Å². The highest BCUT2D eigenvalue weighted by atomic mass is 32.1. The van der Waals surface area contributed by atoms with Gasteiger partial charge in [-0.15, -0.1) is 0 Å². The number of hydrogen-bond acceptors (Lipinski definition) is 6. The van der Waals surface area contributed by atoms with Gasteiger partial charge in [-0.3, -0.25) is 24.0 Å². The van der Waals surface area contributed by atoms with Crippen molar-refractivity contribution in [3.8, 4) is 0 Å². The summed E-state index contributed by atoms with van der Waals surface area (Å²) in [5, 5.41) is 5.42. The van der Waals surface area contributed by atoms with Crippen LogP contribution in [-0.4, -0.2) is 65.1 Å². The molecule has 0 rings (SSSR count). The van der Waals surface area contributed by atoms with Crippen LogP contribution in [0.4, 0.5) is 0 Å². The average molecular weight is 456 g/mol. The first-order chi connectivity index (χ1) is 14.3. The van der Waals surface area contributed by atoms with E-state index in [1.54, 1.807) is 27.8 Å². The molecule has 0 saturated carbocycles. The molecule has 176 valence electrons. The van der Waals surface area contributed by atoms with Gasteiger partial charge in [-0.2, -0.15) is 12.6 Å². The summed E-state index contributed by atoms with van der Waals surface area (Å²) in [6.07, 6.45) is 5.25. The number of Topliss-reactive ketones (excluding diaryl/α,β-unsaturated/α-hetero) is 1. The van der Waals surface area contributed by atoms with Crippen LogP contribution in [0.15, 0.2) is 12.2 Å². The van der Waals surface area contributed by atoms with Gasteiger partial charge in [0, 0.05) is 26.1 Å². The fraction of sp³-hybridized carbons (Fsp3) is 0.682. The first-order valence-electron chi connectivity index (χ1n) is 10.5. The molecule has 31 heavy (non-hydrogen) atoms. The van der Waals surface area contributed by atoms with E-state index in [1.165, 1.54) is 11.0 Å². The topological polar surface area (TPSA) is 113 Å². The number of aldehydes is 1. The fourth-order valence-corrected chi connectivity index (χ4v) is 3.04. The van der Waals surface area contributed by atoms with Crippen LogP contribution in [0.25, 0.3) is 0 Å². The van der Waals surface area contributed by atoms with Gasteiger partial charge in [0.15, 0.2) is 5.78 Å². The summed E-state index contributed by atoms with van der Waals surface area (Å²) < 4.78 is -0.868. The summed E-state index contributed by atoms with van der Waals surface area (Å²) in [5.74, 6) is -1.23. The SMILES string of the molecule is CC(C)[C@H](NC(=O)CCCCCN(C)C(=O)/C=C\C=O)C(=O)N[C@@H](C)C(=O)C(C)(C)S. The van der Waals surface area contributed by atoms with Crippen molar-refractivity contribution >= 4 is 42.4 Å². The normalized spacial score (nSPS) is 13.5. The number of ketones is 1. The Balaban J connectivity index is 4.47. The highest BCUT2D eigenvalue weighted by Gasteiger charge is 2.31. The Kier molecular flexibility index (Phi) is 13.0. The molecule has 0 saturated heterocycles. The molecule has 0 heterocycles. The van der Waals surface area contributed by atoms with Crippen molar-refractivity contribution in [1.82, 2.24) is 15.5 Å². The highest BCUT2D eigenvalue weighted by Crippen LogP contribution is 2.15. The number of carbonyl (C=O) groups excluding carboxylic acids is 5. The van der Waals surface area contributed by atoms with E-state index < -0.39 is 22.7 Å². The molecule has 0 unspecified atom stereocenters. The number of rotatable bonds is 14. The number of likely N-dealkylation sites (N-methyl/N-ethyl adjacent to an activating group) is 1. The lowest BCUT2D eigenvalue weighted by Gasteiger charge is -2.26. The molecule has 3 amide bonds. The molecule has 0 aliphatic carbocycles. The molecule has 8 nitrogen and oxygen atoms in total. The Hall–Kier alpha value is -2.16. The molecule has 0 aromatic heterocycles. The molecule has 0 radical (unpaired) electrons. The Morgan fingerprint density at radius 1 is 1.03 bits per heavy atom. The molecule has 0 fully saturated rings. The number of hydrogen-bond donors (Lipinski definition) is 3. The number of nitrogens with zero attached hydrogens (tertiary/aromatic N) is 1. The lowest BCUT2D eigenvalue weighted by atomic mass is 9.99. The first-order valence-corrected chi connectivity index (χ1v) is 11.0. The van der Waals surface area contributed by atoms with E-state index in [0.29, 0.717) is 19.3 Å². The zero-order chi connectivity index (χ0) is 24.2. The van der Waals surface area contributed by atoms with Gasteiger partial charge < -0.3 is 15.5 Å². The smallest absolute Gasteiger partial charge is 0.246 e. The number of thiol groups is 1. The van der Waals surface area contributed by atoms with Gasteiger partial charge in [0.25, 0.3) is 0 Å². The zero-order valence-corrected chi connectivity index (χ0v) is 20.3. The predicted molar refractivity (Wildman–Crippen MR) is 124 cm³/mol. The minimum atomic E-state index is -0.868. The number of amides is 3. The van der Waals surface area contributed by atoms with Crippen molar-refractivity contribution in [1.29, 1.82) is 0 Å². The second-order valence-corrected chi connectivity index (χ2v) is 9.63. The quantitative estimate of drug-likeness (QED) is 0.160. The van der Waals surface area contributed by atoms with Gasteiger partial charge in [0.1, 0.15) is 12.3 Å². The molecule has 0 aromatic carbocycles. The third-order valence-corrected chi connectivity index (χ3v) is 4.93. The molecule has 0 spiro atoms. The minimum absolute atomic E-state index is 0.144. The Morgan fingerprint density at radius 3 is 2.16 bits per heavy atom. The van der Waals surface area contributed by atoms with E-state index in [9.17, 15) is 24.0 Å². The summed E-state index contributed by atoms with van der Waals surface area (Å²) in [6, 6.07) is -1.45. The monoisotopic (exact) mass is 455 g/mol. The summed E-state index contributed by atoms with van der Waals surface area (Å²) in [4.78, 5) is 60.5. The largest absolute Gasteiger partial charge is 0.345 e. The standard InChI is InChI=1S/C22H37N3O5S/c1-15(2)19(21(30)23-16(3)20(29)22(4,5)31)24-17(27)11-8-7-9-13-25(6)18(28)12-10-14-26/h10,12,14-16,19,31H,7-9,11,13H2,1-6H3,(H,23,30)(H,24,27)/b12-10-/t16-,19-/m0/s1. The predicted octanol–water partition coefficient (Wildman–Crippen LogP) is 1.68. The van der Waals surface area contributed by atoms with Crippen LogP contribution >= 0.6 is 12.6 Å². The van der Waals surface area contributed by atoms with Crippen LogP contribution in [0.3, 0.4) is 0 Å². The first kappa shape index (κ1) is 28.8. The van der Waals surface area contributed by atoms with E-state index in [2.05, 4.69) is 23.3 Å². The molecule has 0 bridgehead atoms. The second kappa shape index (κ2) is 14.0. The van der Waals surface area contributed by atoms with Crippen LogP contribution in [0, 0.1) is 5.92 Å². The lowest BCUT2D eigenvalue weighted by Crippen LogP contribution is -2.54. The van der Waals surface area contributed by atoms with Crippen LogP contribution in [-0.2, 0) is 24.0 Å². The Labute approximate surface area is 191 Å².